The fraction of sp³-hybridized carbons (Fsp3) is 0.652. The van der Waals surface area contributed by atoms with Gasteiger partial charge in [0.1, 0.15) is 0 Å². The van der Waals surface area contributed by atoms with Crippen LogP contribution in [0.2, 0.25) is 0 Å². The zero-order valence-electron chi connectivity index (χ0n) is 16.7. The van der Waals surface area contributed by atoms with Crippen molar-refractivity contribution in [3.8, 4) is 0 Å². The van der Waals surface area contributed by atoms with E-state index in [1.54, 1.807) is 0 Å². The summed E-state index contributed by atoms with van der Waals surface area (Å²) >= 11 is 0. The number of piperazine rings is 1. The maximum absolute atomic E-state index is 13.0. The number of rotatable bonds is 3. The Morgan fingerprint density at radius 1 is 0.821 bits per heavy atom. The Bertz CT molecular complexity index is 761. The van der Waals surface area contributed by atoms with Crippen LogP contribution in [0.1, 0.15) is 60.0 Å². The molecule has 2 amide bonds. The summed E-state index contributed by atoms with van der Waals surface area (Å²) in [6, 6.07) is 6.90. The smallest absolute Gasteiger partial charge is 0.253 e. The standard InChI is InChI=1S/C23H31N3O2/c27-22(17-3-1-4-17)26-10-9-18-15-19(7-8-20(18)16-26)23(28)25-13-11-24(12-14-25)21-5-2-6-21/h7-8,15,17,21H,1-6,9-14,16H2. The first-order valence-electron chi connectivity index (χ1n) is 11.1. The molecule has 2 aliphatic carbocycles. The van der Waals surface area contributed by atoms with Crippen LogP contribution in [0.15, 0.2) is 18.2 Å². The van der Waals surface area contributed by atoms with E-state index in [-0.39, 0.29) is 11.8 Å². The van der Waals surface area contributed by atoms with Crippen molar-refractivity contribution < 1.29 is 9.59 Å². The minimum atomic E-state index is 0.170. The molecule has 5 rings (SSSR count). The minimum Gasteiger partial charge on any atom is -0.338 e. The van der Waals surface area contributed by atoms with Gasteiger partial charge >= 0.3 is 0 Å². The lowest BCUT2D eigenvalue weighted by Gasteiger charge is -2.43. The fourth-order valence-corrected chi connectivity index (χ4v) is 5.01. The molecule has 0 radical (unpaired) electrons. The van der Waals surface area contributed by atoms with Gasteiger partial charge < -0.3 is 9.80 Å². The molecule has 0 atom stereocenters. The molecule has 2 saturated carbocycles. The van der Waals surface area contributed by atoms with Gasteiger partial charge in [-0.05, 0) is 55.4 Å². The van der Waals surface area contributed by atoms with Gasteiger partial charge in [0, 0.05) is 56.8 Å². The highest BCUT2D eigenvalue weighted by Gasteiger charge is 2.32. The van der Waals surface area contributed by atoms with E-state index in [0.29, 0.717) is 12.5 Å². The van der Waals surface area contributed by atoms with Crippen molar-refractivity contribution in [2.75, 3.05) is 32.7 Å². The van der Waals surface area contributed by atoms with Gasteiger partial charge in [-0.25, -0.2) is 0 Å². The SMILES string of the molecule is O=C(c1ccc2c(c1)CCN(C(=O)C1CCC1)C2)N1CCN(C2CCC2)CC1. The predicted molar refractivity (Wildman–Crippen MR) is 108 cm³/mol. The monoisotopic (exact) mass is 381 g/mol. The molecule has 150 valence electrons. The molecule has 4 aliphatic rings. The number of amides is 2. The Morgan fingerprint density at radius 2 is 1.57 bits per heavy atom. The quantitative estimate of drug-likeness (QED) is 0.809. The van der Waals surface area contributed by atoms with Crippen molar-refractivity contribution >= 4 is 11.8 Å². The van der Waals surface area contributed by atoms with Gasteiger partial charge in [0.25, 0.3) is 5.91 Å². The van der Waals surface area contributed by atoms with Gasteiger partial charge in [0.05, 0.1) is 0 Å². The molecule has 2 heterocycles. The Morgan fingerprint density at radius 3 is 2.21 bits per heavy atom. The van der Waals surface area contributed by atoms with Crippen LogP contribution in [-0.4, -0.2) is 65.3 Å². The summed E-state index contributed by atoms with van der Waals surface area (Å²) in [5.74, 6) is 0.770. The Balaban J connectivity index is 1.21. The number of hydrogen-bond acceptors (Lipinski definition) is 3. The molecule has 0 bridgehead atoms. The van der Waals surface area contributed by atoms with Crippen LogP contribution in [0.3, 0.4) is 0 Å². The number of nitrogens with zero attached hydrogens (tertiary/aromatic N) is 3. The summed E-state index contributed by atoms with van der Waals surface area (Å²) in [5, 5.41) is 0. The van der Waals surface area contributed by atoms with Gasteiger partial charge in [0.15, 0.2) is 0 Å². The zero-order chi connectivity index (χ0) is 19.1. The highest BCUT2D eigenvalue weighted by molar-refractivity contribution is 5.94. The van der Waals surface area contributed by atoms with E-state index < -0.39 is 0 Å². The maximum atomic E-state index is 13.0. The third-order valence-corrected chi connectivity index (χ3v) is 7.42. The van der Waals surface area contributed by atoms with E-state index in [9.17, 15) is 9.59 Å². The fourth-order valence-electron chi connectivity index (χ4n) is 5.01. The molecule has 5 heteroatoms. The first-order valence-corrected chi connectivity index (χ1v) is 11.1. The second-order valence-electron chi connectivity index (χ2n) is 9.03. The van der Waals surface area contributed by atoms with Gasteiger partial charge in [-0.1, -0.05) is 18.9 Å². The summed E-state index contributed by atoms with van der Waals surface area (Å²) < 4.78 is 0. The van der Waals surface area contributed by atoms with Crippen molar-refractivity contribution in [1.82, 2.24) is 14.7 Å². The number of fused-ring (bicyclic) bond motifs is 1. The van der Waals surface area contributed by atoms with Gasteiger partial charge in [-0.15, -0.1) is 0 Å². The lowest BCUT2D eigenvalue weighted by molar-refractivity contribution is -0.139. The lowest BCUT2D eigenvalue weighted by atomic mass is 9.83. The molecule has 3 fully saturated rings. The molecule has 2 aliphatic heterocycles. The third kappa shape index (κ3) is 3.34. The lowest BCUT2D eigenvalue weighted by Crippen LogP contribution is -2.53. The number of carbonyl (C=O) groups is 2. The zero-order valence-corrected chi connectivity index (χ0v) is 16.7. The van der Waals surface area contributed by atoms with Crippen molar-refractivity contribution in [3.05, 3.63) is 34.9 Å². The van der Waals surface area contributed by atoms with Crippen molar-refractivity contribution in [2.45, 2.75) is 57.5 Å². The highest BCUT2D eigenvalue weighted by Crippen LogP contribution is 2.31. The summed E-state index contributed by atoms with van der Waals surface area (Å²) in [4.78, 5) is 32.1. The summed E-state index contributed by atoms with van der Waals surface area (Å²) in [5.41, 5.74) is 3.27. The molecule has 1 aromatic carbocycles. The molecular formula is C23H31N3O2. The molecule has 5 nitrogen and oxygen atoms in total. The summed E-state index contributed by atoms with van der Waals surface area (Å²) in [6.45, 7) is 5.21. The normalized spacial score (nSPS) is 23.7. The molecule has 28 heavy (non-hydrogen) atoms. The van der Waals surface area contributed by atoms with Gasteiger partial charge in [-0.3, -0.25) is 14.5 Å². The molecule has 1 aromatic rings. The van der Waals surface area contributed by atoms with Gasteiger partial charge in [0.2, 0.25) is 5.91 Å². The van der Waals surface area contributed by atoms with Crippen molar-refractivity contribution in [1.29, 1.82) is 0 Å². The van der Waals surface area contributed by atoms with Crippen LogP contribution in [-0.2, 0) is 17.8 Å². The number of hydrogen-bond donors (Lipinski definition) is 0. The van der Waals surface area contributed by atoms with Crippen LogP contribution < -0.4 is 0 Å². The van der Waals surface area contributed by atoms with Crippen LogP contribution in [0.4, 0.5) is 0 Å². The predicted octanol–water partition coefficient (Wildman–Crippen LogP) is 2.68. The average Bonchev–Trinajstić information content (AvgIpc) is 2.64. The van der Waals surface area contributed by atoms with E-state index in [0.717, 1.165) is 63.6 Å². The van der Waals surface area contributed by atoms with Crippen LogP contribution >= 0.6 is 0 Å². The summed E-state index contributed by atoms with van der Waals surface area (Å²) in [6.07, 6.45) is 8.21. The van der Waals surface area contributed by atoms with Crippen LogP contribution in [0.25, 0.3) is 0 Å². The second-order valence-corrected chi connectivity index (χ2v) is 9.03. The van der Waals surface area contributed by atoms with E-state index in [4.69, 9.17) is 0 Å². The van der Waals surface area contributed by atoms with Gasteiger partial charge in [-0.2, -0.15) is 0 Å². The molecule has 0 N–H and O–H groups in total. The second kappa shape index (κ2) is 7.51. The van der Waals surface area contributed by atoms with E-state index >= 15 is 0 Å². The topological polar surface area (TPSA) is 43.9 Å². The maximum Gasteiger partial charge on any atom is 0.253 e. The molecule has 0 aromatic heterocycles. The molecule has 1 saturated heterocycles. The Hall–Kier alpha value is -1.88. The number of carbonyl (C=O) groups excluding carboxylic acids is 2. The van der Waals surface area contributed by atoms with Crippen LogP contribution in [0.5, 0.6) is 0 Å². The molecule has 0 spiro atoms. The largest absolute Gasteiger partial charge is 0.338 e. The van der Waals surface area contributed by atoms with Crippen LogP contribution in [0, 0.1) is 5.92 Å². The third-order valence-electron chi connectivity index (χ3n) is 7.42. The summed E-state index contributed by atoms with van der Waals surface area (Å²) in [7, 11) is 0. The Kier molecular flexibility index (Phi) is 4.87. The number of benzene rings is 1. The first-order chi connectivity index (χ1) is 13.7. The highest BCUT2D eigenvalue weighted by atomic mass is 16.2. The van der Waals surface area contributed by atoms with E-state index in [2.05, 4.69) is 17.0 Å². The Labute approximate surface area is 167 Å². The van der Waals surface area contributed by atoms with Crippen molar-refractivity contribution in [2.24, 2.45) is 5.92 Å². The first kappa shape index (κ1) is 18.2. The molecule has 0 unspecified atom stereocenters. The van der Waals surface area contributed by atoms with E-state index in [1.165, 1.54) is 36.8 Å². The molecular weight excluding hydrogens is 350 g/mol. The average molecular weight is 382 g/mol. The van der Waals surface area contributed by atoms with E-state index in [1.807, 2.05) is 15.9 Å². The van der Waals surface area contributed by atoms with Crippen molar-refractivity contribution in [3.63, 3.8) is 0 Å². The minimum absolute atomic E-state index is 0.170.